The van der Waals surface area contributed by atoms with E-state index in [1.165, 1.54) is 0 Å². The summed E-state index contributed by atoms with van der Waals surface area (Å²) in [7, 11) is 0. The van der Waals surface area contributed by atoms with Gasteiger partial charge in [0, 0.05) is 18.3 Å². The Labute approximate surface area is 103 Å². The molecule has 7 nitrogen and oxygen atoms in total. The second-order valence-corrected chi connectivity index (χ2v) is 3.75. The fourth-order valence-electron chi connectivity index (χ4n) is 1.47. The van der Waals surface area contributed by atoms with E-state index >= 15 is 0 Å². The number of rotatable bonds is 4. The van der Waals surface area contributed by atoms with Crippen LogP contribution in [0.2, 0.25) is 0 Å². The molecule has 0 unspecified atom stereocenters. The van der Waals surface area contributed by atoms with Crippen LogP contribution in [0.4, 0.5) is 11.4 Å². The number of nitrogens with two attached hydrogens (primary N) is 2. The number of benzene rings is 1. The molecule has 0 aliphatic carbocycles. The van der Waals surface area contributed by atoms with Gasteiger partial charge in [0.25, 0.3) is 5.91 Å². The minimum Gasteiger partial charge on any atom is -0.398 e. The largest absolute Gasteiger partial charge is 0.398 e. The first-order chi connectivity index (χ1) is 8.56. The predicted octanol–water partition coefficient (Wildman–Crippen LogP) is 0.671. The summed E-state index contributed by atoms with van der Waals surface area (Å²) >= 11 is 0. The number of hydrogen-bond donors (Lipinski definition) is 3. The Morgan fingerprint density at radius 3 is 2.89 bits per heavy atom. The molecule has 1 aromatic carbocycles. The van der Waals surface area contributed by atoms with Crippen LogP contribution in [-0.2, 0) is 6.54 Å². The summed E-state index contributed by atoms with van der Waals surface area (Å²) in [5.74, 6) is 0.471. The molecule has 1 heterocycles. The van der Waals surface area contributed by atoms with Crippen molar-refractivity contribution in [3.8, 4) is 0 Å². The number of amides is 1. The molecule has 0 saturated carbocycles. The van der Waals surface area contributed by atoms with Crippen LogP contribution in [0, 0.1) is 6.92 Å². The number of carbonyl (C=O) groups is 1. The number of primary amides is 1. The maximum absolute atomic E-state index is 11.1. The van der Waals surface area contributed by atoms with Crippen LogP contribution < -0.4 is 16.8 Å². The van der Waals surface area contributed by atoms with Crippen molar-refractivity contribution >= 4 is 17.3 Å². The molecule has 0 bridgehead atoms. The molecule has 0 spiro atoms. The van der Waals surface area contributed by atoms with Crippen LogP contribution >= 0.6 is 0 Å². The minimum absolute atomic E-state index is 0.282. The number of nitrogens with zero attached hydrogens (tertiary/aromatic N) is 2. The van der Waals surface area contributed by atoms with Gasteiger partial charge in [-0.15, -0.1) is 0 Å². The monoisotopic (exact) mass is 247 g/mol. The highest BCUT2D eigenvalue weighted by molar-refractivity contribution is 5.98. The van der Waals surface area contributed by atoms with Crippen molar-refractivity contribution in [3.63, 3.8) is 0 Å². The molecule has 1 amide bonds. The Kier molecular flexibility index (Phi) is 3.13. The van der Waals surface area contributed by atoms with Gasteiger partial charge in [-0.25, -0.2) is 0 Å². The molecule has 2 rings (SSSR count). The van der Waals surface area contributed by atoms with Crippen LogP contribution in [0.3, 0.4) is 0 Å². The van der Waals surface area contributed by atoms with Gasteiger partial charge >= 0.3 is 0 Å². The van der Waals surface area contributed by atoms with Crippen molar-refractivity contribution in [2.24, 2.45) is 5.73 Å². The van der Waals surface area contributed by atoms with E-state index in [0.717, 1.165) is 0 Å². The van der Waals surface area contributed by atoms with E-state index in [9.17, 15) is 4.79 Å². The summed E-state index contributed by atoms with van der Waals surface area (Å²) in [5.41, 5.74) is 12.2. The van der Waals surface area contributed by atoms with E-state index in [1.54, 1.807) is 25.1 Å². The molecule has 0 saturated heterocycles. The van der Waals surface area contributed by atoms with Crippen molar-refractivity contribution in [1.29, 1.82) is 0 Å². The van der Waals surface area contributed by atoms with E-state index in [4.69, 9.17) is 16.0 Å². The molecule has 0 atom stereocenters. The van der Waals surface area contributed by atoms with Gasteiger partial charge in [-0.3, -0.25) is 4.79 Å². The summed E-state index contributed by atoms with van der Waals surface area (Å²) in [5, 5.41) is 6.79. The lowest BCUT2D eigenvalue weighted by Gasteiger charge is -2.07. The zero-order chi connectivity index (χ0) is 13.1. The van der Waals surface area contributed by atoms with E-state index in [2.05, 4.69) is 15.5 Å². The number of hydrogen-bond acceptors (Lipinski definition) is 6. The van der Waals surface area contributed by atoms with Crippen molar-refractivity contribution in [2.45, 2.75) is 13.5 Å². The van der Waals surface area contributed by atoms with E-state index in [1.807, 2.05) is 0 Å². The summed E-state index contributed by atoms with van der Waals surface area (Å²) in [4.78, 5) is 15.2. The van der Waals surface area contributed by atoms with Gasteiger partial charge in [-0.2, -0.15) is 4.98 Å². The fraction of sp³-hybridized carbons (Fsp3) is 0.182. The molecule has 1 aromatic heterocycles. The molecular weight excluding hydrogens is 234 g/mol. The van der Waals surface area contributed by atoms with Crippen LogP contribution in [0.1, 0.15) is 22.1 Å². The van der Waals surface area contributed by atoms with Gasteiger partial charge in [0.2, 0.25) is 5.89 Å². The van der Waals surface area contributed by atoms with Gasteiger partial charge in [0.05, 0.1) is 12.1 Å². The molecule has 0 aliphatic heterocycles. The first kappa shape index (κ1) is 11.9. The molecular formula is C11H13N5O2. The summed E-state index contributed by atoms with van der Waals surface area (Å²) < 4.78 is 4.84. The van der Waals surface area contributed by atoms with E-state index in [0.29, 0.717) is 29.6 Å². The third-order valence-electron chi connectivity index (χ3n) is 2.34. The second kappa shape index (κ2) is 4.74. The number of aromatic nitrogens is 2. The lowest BCUT2D eigenvalue weighted by atomic mass is 10.1. The molecule has 18 heavy (non-hydrogen) atoms. The highest BCUT2D eigenvalue weighted by atomic mass is 16.5. The highest BCUT2D eigenvalue weighted by Gasteiger charge is 2.07. The second-order valence-electron chi connectivity index (χ2n) is 3.75. The molecule has 5 N–H and O–H groups in total. The van der Waals surface area contributed by atoms with Crippen LogP contribution in [0.5, 0.6) is 0 Å². The zero-order valence-corrected chi connectivity index (χ0v) is 9.80. The molecule has 0 aliphatic rings. The van der Waals surface area contributed by atoms with Crippen LogP contribution in [0.15, 0.2) is 22.7 Å². The van der Waals surface area contributed by atoms with Crippen LogP contribution in [0.25, 0.3) is 0 Å². The normalized spacial score (nSPS) is 10.3. The topological polar surface area (TPSA) is 120 Å². The molecule has 0 radical (unpaired) electrons. The zero-order valence-electron chi connectivity index (χ0n) is 9.80. The van der Waals surface area contributed by atoms with Gasteiger partial charge in [0.15, 0.2) is 5.82 Å². The third-order valence-corrected chi connectivity index (χ3v) is 2.34. The smallest absolute Gasteiger partial charge is 0.250 e. The lowest BCUT2D eigenvalue weighted by Crippen LogP contribution is -2.14. The van der Waals surface area contributed by atoms with Gasteiger partial charge in [0.1, 0.15) is 0 Å². The quantitative estimate of drug-likeness (QED) is 0.683. The van der Waals surface area contributed by atoms with Crippen LogP contribution in [-0.4, -0.2) is 16.0 Å². The SMILES string of the molecule is Cc1nc(CNc2ccc(N)c(C(N)=O)c2)no1. The predicted molar refractivity (Wildman–Crippen MR) is 65.7 cm³/mol. The molecule has 0 fully saturated rings. The minimum atomic E-state index is -0.563. The van der Waals surface area contributed by atoms with E-state index in [-0.39, 0.29) is 5.56 Å². The Morgan fingerprint density at radius 2 is 2.28 bits per heavy atom. The maximum atomic E-state index is 11.1. The van der Waals surface area contributed by atoms with Crippen molar-refractivity contribution in [2.75, 3.05) is 11.1 Å². The molecule has 7 heteroatoms. The Hall–Kier alpha value is -2.57. The molecule has 2 aromatic rings. The summed E-state index contributed by atoms with van der Waals surface area (Å²) in [6.45, 7) is 2.10. The fourth-order valence-corrected chi connectivity index (χ4v) is 1.47. The first-order valence-corrected chi connectivity index (χ1v) is 5.28. The average Bonchev–Trinajstić information content (AvgIpc) is 2.74. The van der Waals surface area contributed by atoms with Gasteiger partial charge in [-0.05, 0) is 18.2 Å². The lowest BCUT2D eigenvalue weighted by molar-refractivity contribution is 0.100. The number of aryl methyl sites for hydroxylation is 1. The highest BCUT2D eigenvalue weighted by Crippen LogP contribution is 2.17. The first-order valence-electron chi connectivity index (χ1n) is 5.28. The van der Waals surface area contributed by atoms with E-state index < -0.39 is 5.91 Å². The maximum Gasteiger partial charge on any atom is 0.250 e. The standard InChI is InChI=1S/C11H13N5O2/c1-6-15-10(16-18-6)5-14-7-2-3-9(12)8(4-7)11(13)17/h2-4,14H,5,12H2,1H3,(H2,13,17). The number of carbonyl (C=O) groups excluding carboxylic acids is 1. The van der Waals surface area contributed by atoms with Crippen molar-refractivity contribution in [1.82, 2.24) is 10.1 Å². The molecule has 94 valence electrons. The van der Waals surface area contributed by atoms with Crippen molar-refractivity contribution < 1.29 is 9.32 Å². The Morgan fingerprint density at radius 1 is 1.50 bits per heavy atom. The Bertz CT molecular complexity index is 579. The average molecular weight is 247 g/mol. The number of anilines is 2. The van der Waals surface area contributed by atoms with Gasteiger partial charge in [-0.1, -0.05) is 5.16 Å². The third kappa shape index (κ3) is 2.57. The van der Waals surface area contributed by atoms with Crippen molar-refractivity contribution in [3.05, 3.63) is 35.5 Å². The number of nitrogens with one attached hydrogen (secondary N) is 1. The summed E-state index contributed by atoms with van der Waals surface area (Å²) in [6.07, 6.45) is 0. The number of nitrogen functional groups attached to an aromatic ring is 1. The Balaban J connectivity index is 2.10. The van der Waals surface area contributed by atoms with Gasteiger partial charge < -0.3 is 21.3 Å². The summed E-state index contributed by atoms with van der Waals surface area (Å²) in [6, 6.07) is 4.95.